The number of hydrogen-bond donors (Lipinski definition) is 2. The Morgan fingerprint density at radius 3 is 2.71 bits per heavy atom. The third kappa shape index (κ3) is 5.21. The average molecular weight is 384 g/mol. The summed E-state index contributed by atoms with van der Waals surface area (Å²) in [4.78, 5) is 11.2. The van der Waals surface area contributed by atoms with Crippen molar-refractivity contribution in [1.82, 2.24) is 15.6 Å². The maximum Gasteiger partial charge on any atom is 0.191 e. The van der Waals surface area contributed by atoms with Crippen LogP contribution in [0.4, 0.5) is 10.2 Å². The minimum Gasteiger partial charge on any atom is -0.357 e. The van der Waals surface area contributed by atoms with Gasteiger partial charge in [0, 0.05) is 32.9 Å². The summed E-state index contributed by atoms with van der Waals surface area (Å²) in [5.41, 5.74) is 2.70. The van der Waals surface area contributed by atoms with E-state index in [1.807, 2.05) is 25.3 Å². The lowest BCUT2D eigenvalue weighted by atomic mass is 10.1. The molecule has 28 heavy (non-hydrogen) atoms. The van der Waals surface area contributed by atoms with Gasteiger partial charge in [-0.15, -0.1) is 0 Å². The predicted octanol–water partition coefficient (Wildman–Crippen LogP) is 3.95. The van der Waals surface area contributed by atoms with Crippen LogP contribution in [-0.2, 0) is 6.54 Å². The standard InChI is InChI=1S/C22H30FN5/c1-16-7-8-19(14-20(16)23)17(2)27-22(24-3)26-15-18-9-10-25-21(13-18)28-11-5-4-6-12-28/h7-10,13-14,17H,4-6,11-12,15H2,1-3H3,(H2,24,26,27). The highest BCUT2D eigenvalue weighted by Gasteiger charge is 2.13. The molecule has 1 fully saturated rings. The first kappa shape index (κ1) is 20.1. The first-order valence-electron chi connectivity index (χ1n) is 10.00. The molecule has 2 N–H and O–H groups in total. The zero-order valence-electron chi connectivity index (χ0n) is 17.0. The number of rotatable bonds is 5. The number of aromatic nitrogens is 1. The summed E-state index contributed by atoms with van der Waals surface area (Å²) in [5, 5.41) is 6.67. The smallest absolute Gasteiger partial charge is 0.191 e. The zero-order chi connectivity index (χ0) is 19.9. The molecule has 1 saturated heterocycles. The van der Waals surface area contributed by atoms with Crippen molar-refractivity contribution in [2.75, 3.05) is 25.0 Å². The normalized spacial score (nSPS) is 16.0. The van der Waals surface area contributed by atoms with Gasteiger partial charge < -0.3 is 15.5 Å². The fourth-order valence-electron chi connectivity index (χ4n) is 3.41. The number of hydrogen-bond acceptors (Lipinski definition) is 3. The van der Waals surface area contributed by atoms with Crippen LogP contribution in [0.1, 0.15) is 48.9 Å². The van der Waals surface area contributed by atoms with Crippen LogP contribution >= 0.6 is 0 Å². The largest absolute Gasteiger partial charge is 0.357 e. The molecule has 0 saturated carbocycles. The van der Waals surface area contributed by atoms with Gasteiger partial charge in [-0.25, -0.2) is 9.37 Å². The second kappa shape index (κ2) is 9.53. The van der Waals surface area contributed by atoms with E-state index in [-0.39, 0.29) is 11.9 Å². The molecule has 1 unspecified atom stereocenters. The number of aryl methyl sites for hydroxylation is 1. The van der Waals surface area contributed by atoms with E-state index in [1.165, 1.54) is 19.3 Å². The van der Waals surface area contributed by atoms with Crippen molar-refractivity contribution in [1.29, 1.82) is 0 Å². The molecule has 0 aliphatic carbocycles. The molecule has 0 spiro atoms. The highest BCUT2D eigenvalue weighted by atomic mass is 19.1. The molecule has 2 aromatic rings. The van der Waals surface area contributed by atoms with Crippen molar-refractivity contribution >= 4 is 11.8 Å². The van der Waals surface area contributed by atoms with Crippen molar-refractivity contribution in [3.8, 4) is 0 Å². The van der Waals surface area contributed by atoms with E-state index in [0.29, 0.717) is 18.1 Å². The van der Waals surface area contributed by atoms with Crippen LogP contribution in [0, 0.1) is 12.7 Å². The van der Waals surface area contributed by atoms with Gasteiger partial charge in [0.05, 0.1) is 6.04 Å². The molecule has 1 aromatic carbocycles. The summed E-state index contributed by atoms with van der Waals surface area (Å²) < 4.78 is 13.8. The number of piperidine rings is 1. The van der Waals surface area contributed by atoms with Gasteiger partial charge in [0.25, 0.3) is 0 Å². The van der Waals surface area contributed by atoms with Gasteiger partial charge in [-0.2, -0.15) is 0 Å². The van der Waals surface area contributed by atoms with E-state index in [0.717, 1.165) is 30.0 Å². The van der Waals surface area contributed by atoms with E-state index in [9.17, 15) is 4.39 Å². The average Bonchev–Trinajstić information content (AvgIpc) is 2.73. The molecule has 0 bridgehead atoms. The lowest BCUT2D eigenvalue weighted by Gasteiger charge is -2.28. The second-order valence-corrected chi connectivity index (χ2v) is 7.37. The molecule has 1 aromatic heterocycles. The molecule has 6 heteroatoms. The van der Waals surface area contributed by atoms with E-state index in [4.69, 9.17) is 0 Å². The first-order valence-corrected chi connectivity index (χ1v) is 10.00. The Kier molecular flexibility index (Phi) is 6.85. The Bertz CT molecular complexity index is 814. The number of aliphatic imine (C=N–C) groups is 1. The first-order chi connectivity index (χ1) is 13.6. The number of nitrogens with zero attached hydrogens (tertiary/aromatic N) is 3. The fraction of sp³-hybridized carbons (Fsp3) is 0.455. The minimum atomic E-state index is -0.184. The topological polar surface area (TPSA) is 52.6 Å². The number of benzene rings is 1. The van der Waals surface area contributed by atoms with Crippen molar-refractivity contribution in [2.24, 2.45) is 4.99 Å². The van der Waals surface area contributed by atoms with Crippen LogP contribution in [0.2, 0.25) is 0 Å². The Hall–Kier alpha value is -2.63. The van der Waals surface area contributed by atoms with E-state index < -0.39 is 0 Å². The van der Waals surface area contributed by atoms with E-state index >= 15 is 0 Å². The van der Waals surface area contributed by atoms with Crippen LogP contribution in [0.25, 0.3) is 0 Å². The van der Waals surface area contributed by atoms with Gasteiger partial charge in [0.15, 0.2) is 5.96 Å². The van der Waals surface area contributed by atoms with Crippen LogP contribution in [0.15, 0.2) is 41.5 Å². The van der Waals surface area contributed by atoms with Gasteiger partial charge >= 0.3 is 0 Å². The SMILES string of the molecule is CN=C(NCc1ccnc(N2CCCCC2)c1)NC(C)c1ccc(C)c(F)c1. The monoisotopic (exact) mass is 383 g/mol. The summed E-state index contributed by atoms with van der Waals surface area (Å²) in [6, 6.07) is 9.43. The van der Waals surface area contributed by atoms with Gasteiger partial charge in [-0.05, 0) is 68.0 Å². The molecule has 150 valence electrons. The summed E-state index contributed by atoms with van der Waals surface area (Å²) >= 11 is 0. The Morgan fingerprint density at radius 2 is 2.00 bits per heavy atom. The third-order valence-corrected chi connectivity index (χ3v) is 5.22. The predicted molar refractivity (Wildman–Crippen MR) is 113 cm³/mol. The zero-order valence-corrected chi connectivity index (χ0v) is 17.0. The maximum atomic E-state index is 13.8. The summed E-state index contributed by atoms with van der Waals surface area (Å²) in [5.74, 6) is 1.55. The number of nitrogens with one attached hydrogen (secondary N) is 2. The van der Waals surface area contributed by atoms with Gasteiger partial charge in [0.2, 0.25) is 0 Å². The van der Waals surface area contributed by atoms with E-state index in [1.54, 1.807) is 26.1 Å². The number of anilines is 1. The van der Waals surface area contributed by atoms with Crippen LogP contribution in [0.3, 0.4) is 0 Å². The number of halogens is 1. The summed E-state index contributed by atoms with van der Waals surface area (Å²) in [6.07, 6.45) is 5.65. The van der Waals surface area contributed by atoms with Crippen molar-refractivity contribution in [2.45, 2.75) is 45.7 Å². The van der Waals surface area contributed by atoms with Crippen molar-refractivity contribution < 1.29 is 4.39 Å². The van der Waals surface area contributed by atoms with Gasteiger partial charge in [0.1, 0.15) is 11.6 Å². The molecular formula is C22H30FN5. The molecule has 3 rings (SSSR count). The minimum absolute atomic E-state index is 0.0531. The molecule has 0 amide bonds. The van der Waals surface area contributed by atoms with Crippen LogP contribution in [0.5, 0.6) is 0 Å². The summed E-state index contributed by atoms with van der Waals surface area (Å²) in [7, 11) is 1.74. The van der Waals surface area contributed by atoms with Crippen molar-refractivity contribution in [3.05, 3.63) is 59.0 Å². The lowest BCUT2D eigenvalue weighted by molar-refractivity contribution is 0.573. The Balaban J connectivity index is 1.58. The van der Waals surface area contributed by atoms with Gasteiger partial charge in [-0.3, -0.25) is 4.99 Å². The van der Waals surface area contributed by atoms with Crippen LogP contribution < -0.4 is 15.5 Å². The fourth-order valence-corrected chi connectivity index (χ4v) is 3.41. The molecule has 0 radical (unpaired) electrons. The van der Waals surface area contributed by atoms with Gasteiger partial charge in [-0.1, -0.05) is 12.1 Å². The lowest BCUT2D eigenvalue weighted by Crippen LogP contribution is -2.38. The highest BCUT2D eigenvalue weighted by molar-refractivity contribution is 5.80. The van der Waals surface area contributed by atoms with Crippen molar-refractivity contribution in [3.63, 3.8) is 0 Å². The Labute approximate surface area is 167 Å². The second-order valence-electron chi connectivity index (χ2n) is 7.37. The third-order valence-electron chi connectivity index (χ3n) is 5.22. The molecule has 1 atom stereocenters. The Morgan fingerprint density at radius 1 is 1.21 bits per heavy atom. The molecular weight excluding hydrogens is 353 g/mol. The molecule has 2 heterocycles. The quantitative estimate of drug-likeness (QED) is 0.606. The highest BCUT2D eigenvalue weighted by Crippen LogP contribution is 2.19. The number of guanidine groups is 1. The number of pyridine rings is 1. The van der Waals surface area contributed by atoms with Crippen LogP contribution in [-0.4, -0.2) is 31.1 Å². The van der Waals surface area contributed by atoms with E-state index in [2.05, 4.69) is 31.6 Å². The maximum absolute atomic E-state index is 13.8. The molecule has 1 aliphatic heterocycles. The summed E-state index contributed by atoms with van der Waals surface area (Å²) in [6.45, 7) is 6.58. The molecule has 5 nitrogen and oxygen atoms in total. The molecule has 1 aliphatic rings.